The van der Waals surface area contributed by atoms with E-state index in [2.05, 4.69) is 39.0 Å². The molecule has 3 aromatic carbocycles. The van der Waals surface area contributed by atoms with E-state index >= 15 is 0 Å². The predicted octanol–water partition coefficient (Wildman–Crippen LogP) is 5.58. The molecule has 128 valence electrons. The van der Waals surface area contributed by atoms with E-state index in [0.717, 1.165) is 22.3 Å². The van der Waals surface area contributed by atoms with Crippen LogP contribution in [-0.2, 0) is 5.41 Å². The molecule has 0 aliphatic rings. The average Bonchev–Trinajstić information content (AvgIpc) is 2.58. The zero-order valence-corrected chi connectivity index (χ0v) is 14.9. The maximum absolute atomic E-state index is 10.4. The second-order valence-corrected chi connectivity index (χ2v) is 7.43. The van der Waals surface area contributed by atoms with Crippen LogP contribution in [0.5, 0.6) is 11.5 Å². The molecule has 0 aromatic heterocycles. The fraction of sp³-hybridized carbons (Fsp3) is 0.217. The molecule has 0 saturated carbocycles. The van der Waals surface area contributed by atoms with Crippen LogP contribution in [0.1, 0.15) is 48.9 Å². The standard InChI is InChI=1S/C23H24O2/c1-23(2,3)19-15-17(13-14-21(19)25)22(16-9-5-4-6-10-16)18-11-7-8-12-20(18)24/h4-15,22,24-25H,1-3H3. The normalized spacial score (nSPS) is 12.8. The Labute approximate surface area is 149 Å². The second kappa shape index (κ2) is 6.64. The van der Waals surface area contributed by atoms with Crippen LogP contribution >= 0.6 is 0 Å². The van der Waals surface area contributed by atoms with Crippen molar-refractivity contribution in [1.29, 1.82) is 0 Å². The molecule has 0 aliphatic carbocycles. The number of phenols is 2. The zero-order valence-electron chi connectivity index (χ0n) is 14.9. The summed E-state index contributed by atoms with van der Waals surface area (Å²) in [6.45, 7) is 6.26. The molecule has 0 aliphatic heterocycles. The van der Waals surface area contributed by atoms with Gasteiger partial charge < -0.3 is 10.2 Å². The van der Waals surface area contributed by atoms with Crippen molar-refractivity contribution in [3.05, 3.63) is 95.1 Å². The minimum Gasteiger partial charge on any atom is -0.508 e. The van der Waals surface area contributed by atoms with Gasteiger partial charge in [0.25, 0.3) is 0 Å². The summed E-state index contributed by atoms with van der Waals surface area (Å²) in [6.07, 6.45) is 0. The van der Waals surface area contributed by atoms with E-state index in [9.17, 15) is 10.2 Å². The molecule has 1 atom stereocenters. The molecule has 1 unspecified atom stereocenters. The largest absolute Gasteiger partial charge is 0.508 e. The molecule has 2 nitrogen and oxygen atoms in total. The van der Waals surface area contributed by atoms with Crippen molar-refractivity contribution in [3.63, 3.8) is 0 Å². The van der Waals surface area contributed by atoms with Gasteiger partial charge in [0.15, 0.2) is 0 Å². The molecule has 2 N–H and O–H groups in total. The van der Waals surface area contributed by atoms with Gasteiger partial charge in [-0.25, -0.2) is 0 Å². The SMILES string of the molecule is CC(C)(C)c1cc(C(c2ccccc2)c2ccccc2O)ccc1O. The van der Waals surface area contributed by atoms with E-state index in [1.54, 1.807) is 12.1 Å². The quantitative estimate of drug-likeness (QED) is 0.615. The van der Waals surface area contributed by atoms with Gasteiger partial charge in [-0.1, -0.05) is 81.4 Å². The van der Waals surface area contributed by atoms with Gasteiger partial charge in [-0.05, 0) is 34.2 Å². The predicted molar refractivity (Wildman–Crippen MR) is 102 cm³/mol. The first-order valence-electron chi connectivity index (χ1n) is 8.54. The van der Waals surface area contributed by atoms with E-state index in [1.165, 1.54) is 0 Å². The van der Waals surface area contributed by atoms with E-state index in [1.807, 2.05) is 42.5 Å². The zero-order chi connectivity index (χ0) is 18.0. The maximum Gasteiger partial charge on any atom is 0.119 e. The second-order valence-electron chi connectivity index (χ2n) is 7.43. The van der Waals surface area contributed by atoms with Gasteiger partial charge in [-0.15, -0.1) is 0 Å². The highest BCUT2D eigenvalue weighted by molar-refractivity contribution is 5.51. The van der Waals surface area contributed by atoms with Crippen molar-refractivity contribution < 1.29 is 10.2 Å². The molecule has 0 heterocycles. The fourth-order valence-electron chi connectivity index (χ4n) is 3.26. The van der Waals surface area contributed by atoms with E-state index in [0.29, 0.717) is 5.75 Å². The number of aromatic hydroxyl groups is 2. The van der Waals surface area contributed by atoms with Crippen molar-refractivity contribution in [3.8, 4) is 11.5 Å². The molecular weight excluding hydrogens is 308 g/mol. The van der Waals surface area contributed by atoms with Gasteiger partial charge in [-0.2, -0.15) is 0 Å². The van der Waals surface area contributed by atoms with E-state index in [-0.39, 0.29) is 17.1 Å². The molecule has 3 rings (SSSR count). The Kier molecular flexibility index (Phi) is 4.54. The van der Waals surface area contributed by atoms with Crippen LogP contribution < -0.4 is 0 Å². The highest BCUT2D eigenvalue weighted by Crippen LogP contribution is 2.40. The highest BCUT2D eigenvalue weighted by Gasteiger charge is 2.24. The molecular formula is C23H24O2. The minimum atomic E-state index is -0.167. The molecule has 0 saturated heterocycles. The van der Waals surface area contributed by atoms with Gasteiger partial charge in [0, 0.05) is 11.5 Å². The number of phenolic OH excluding ortho intramolecular Hbond substituents is 2. The Balaban J connectivity index is 2.22. The first-order chi connectivity index (χ1) is 11.9. The van der Waals surface area contributed by atoms with Gasteiger partial charge >= 0.3 is 0 Å². The third kappa shape index (κ3) is 3.53. The molecule has 2 heteroatoms. The molecule has 0 spiro atoms. The van der Waals surface area contributed by atoms with Crippen LogP contribution in [0.3, 0.4) is 0 Å². The molecule has 0 amide bonds. The average molecular weight is 332 g/mol. The van der Waals surface area contributed by atoms with Crippen molar-refractivity contribution in [1.82, 2.24) is 0 Å². The van der Waals surface area contributed by atoms with Crippen LogP contribution in [-0.4, -0.2) is 10.2 Å². The summed E-state index contributed by atoms with van der Waals surface area (Å²) in [5.41, 5.74) is 3.76. The third-order valence-electron chi connectivity index (χ3n) is 4.54. The third-order valence-corrected chi connectivity index (χ3v) is 4.54. The van der Waals surface area contributed by atoms with Crippen LogP contribution in [0, 0.1) is 0 Å². The molecule has 0 fully saturated rings. The van der Waals surface area contributed by atoms with Crippen LogP contribution in [0.15, 0.2) is 72.8 Å². The molecule has 0 bridgehead atoms. The summed E-state index contributed by atoms with van der Waals surface area (Å²) in [5.74, 6) is 0.492. The Morgan fingerprint density at radius 2 is 1.32 bits per heavy atom. The highest BCUT2D eigenvalue weighted by atomic mass is 16.3. The summed E-state index contributed by atoms with van der Waals surface area (Å²) in [6, 6.07) is 23.3. The summed E-state index contributed by atoms with van der Waals surface area (Å²) < 4.78 is 0. The summed E-state index contributed by atoms with van der Waals surface area (Å²) in [7, 11) is 0. The maximum atomic E-state index is 10.4. The number of rotatable bonds is 3. The molecule has 3 aromatic rings. The van der Waals surface area contributed by atoms with Gasteiger partial charge in [-0.3, -0.25) is 0 Å². The Morgan fingerprint density at radius 3 is 1.96 bits per heavy atom. The van der Waals surface area contributed by atoms with E-state index in [4.69, 9.17) is 0 Å². The molecule has 25 heavy (non-hydrogen) atoms. The van der Waals surface area contributed by atoms with E-state index < -0.39 is 0 Å². The fourth-order valence-corrected chi connectivity index (χ4v) is 3.26. The first kappa shape index (κ1) is 17.1. The van der Waals surface area contributed by atoms with Crippen molar-refractivity contribution in [2.45, 2.75) is 32.1 Å². The smallest absolute Gasteiger partial charge is 0.119 e. The Morgan fingerprint density at radius 1 is 0.680 bits per heavy atom. The lowest BCUT2D eigenvalue weighted by molar-refractivity contribution is 0.446. The lowest BCUT2D eigenvalue weighted by Gasteiger charge is -2.25. The number of benzene rings is 3. The molecule has 0 radical (unpaired) electrons. The van der Waals surface area contributed by atoms with Gasteiger partial charge in [0.1, 0.15) is 11.5 Å². The monoisotopic (exact) mass is 332 g/mol. The summed E-state index contributed by atoms with van der Waals surface area (Å²) in [5, 5.41) is 20.7. The van der Waals surface area contributed by atoms with Gasteiger partial charge in [0.05, 0.1) is 0 Å². The van der Waals surface area contributed by atoms with Crippen molar-refractivity contribution in [2.24, 2.45) is 0 Å². The van der Waals surface area contributed by atoms with Crippen LogP contribution in [0.4, 0.5) is 0 Å². The van der Waals surface area contributed by atoms with Crippen LogP contribution in [0.2, 0.25) is 0 Å². The Bertz CT molecular complexity index is 861. The number of hydrogen-bond acceptors (Lipinski definition) is 2. The summed E-state index contributed by atoms with van der Waals surface area (Å²) in [4.78, 5) is 0. The lowest BCUT2D eigenvalue weighted by Crippen LogP contribution is -2.13. The Hall–Kier alpha value is -2.74. The minimum absolute atomic E-state index is 0.0934. The summed E-state index contributed by atoms with van der Waals surface area (Å²) >= 11 is 0. The number of hydrogen-bond donors (Lipinski definition) is 2. The van der Waals surface area contributed by atoms with Crippen molar-refractivity contribution >= 4 is 0 Å². The van der Waals surface area contributed by atoms with Crippen LogP contribution in [0.25, 0.3) is 0 Å². The van der Waals surface area contributed by atoms with Gasteiger partial charge in [0.2, 0.25) is 0 Å². The first-order valence-corrected chi connectivity index (χ1v) is 8.54. The number of para-hydroxylation sites is 1. The van der Waals surface area contributed by atoms with Crippen molar-refractivity contribution in [2.75, 3.05) is 0 Å². The topological polar surface area (TPSA) is 40.5 Å². The lowest BCUT2D eigenvalue weighted by atomic mass is 9.80.